The molecule has 1 aliphatic heterocycles. The SMILES string of the molecule is CN(C(=O)NCc1ccccc1Cl)[C@H]1CCS(=O)(=O)C1. The van der Waals surface area contributed by atoms with Gasteiger partial charge in [0, 0.05) is 24.7 Å². The topological polar surface area (TPSA) is 66.5 Å². The predicted octanol–water partition coefficient (Wildman–Crippen LogP) is 1.67. The molecule has 0 unspecified atom stereocenters. The van der Waals surface area contributed by atoms with Crippen LogP contribution in [0.1, 0.15) is 12.0 Å². The largest absolute Gasteiger partial charge is 0.334 e. The van der Waals surface area contributed by atoms with E-state index in [1.54, 1.807) is 13.1 Å². The van der Waals surface area contributed by atoms with Gasteiger partial charge in [0.25, 0.3) is 0 Å². The van der Waals surface area contributed by atoms with Gasteiger partial charge in [0.2, 0.25) is 0 Å². The van der Waals surface area contributed by atoms with E-state index < -0.39 is 9.84 Å². The highest BCUT2D eigenvalue weighted by Gasteiger charge is 2.32. The molecule has 1 saturated heterocycles. The van der Waals surface area contributed by atoms with Gasteiger partial charge in [-0.3, -0.25) is 0 Å². The number of urea groups is 1. The van der Waals surface area contributed by atoms with Crippen LogP contribution >= 0.6 is 11.6 Å². The zero-order valence-corrected chi connectivity index (χ0v) is 12.7. The summed E-state index contributed by atoms with van der Waals surface area (Å²) in [6, 6.07) is 6.74. The van der Waals surface area contributed by atoms with E-state index in [0.717, 1.165) is 5.56 Å². The van der Waals surface area contributed by atoms with Crippen LogP contribution in [0.25, 0.3) is 0 Å². The van der Waals surface area contributed by atoms with E-state index in [2.05, 4.69) is 5.32 Å². The van der Waals surface area contributed by atoms with Crippen molar-refractivity contribution in [3.05, 3.63) is 34.9 Å². The van der Waals surface area contributed by atoms with Crippen LogP contribution in [0.3, 0.4) is 0 Å². The van der Waals surface area contributed by atoms with Crippen LogP contribution in [0.2, 0.25) is 5.02 Å². The molecule has 1 aromatic carbocycles. The molecule has 1 aromatic rings. The lowest BCUT2D eigenvalue weighted by Crippen LogP contribution is -2.43. The van der Waals surface area contributed by atoms with Crippen molar-refractivity contribution < 1.29 is 13.2 Å². The Morgan fingerprint density at radius 3 is 2.75 bits per heavy atom. The summed E-state index contributed by atoms with van der Waals surface area (Å²) in [7, 11) is -1.37. The lowest BCUT2D eigenvalue weighted by molar-refractivity contribution is 0.194. The highest BCUT2D eigenvalue weighted by atomic mass is 35.5. The quantitative estimate of drug-likeness (QED) is 0.922. The number of halogens is 1. The highest BCUT2D eigenvalue weighted by molar-refractivity contribution is 7.91. The van der Waals surface area contributed by atoms with Gasteiger partial charge in [0.1, 0.15) is 0 Å². The summed E-state index contributed by atoms with van der Waals surface area (Å²) >= 11 is 6.01. The monoisotopic (exact) mass is 316 g/mol. The summed E-state index contributed by atoms with van der Waals surface area (Å²) in [5.41, 5.74) is 0.829. The molecular weight excluding hydrogens is 300 g/mol. The summed E-state index contributed by atoms with van der Waals surface area (Å²) < 4.78 is 22.8. The van der Waals surface area contributed by atoms with E-state index in [0.29, 0.717) is 18.0 Å². The van der Waals surface area contributed by atoms with Crippen LogP contribution in [0.15, 0.2) is 24.3 Å². The predicted molar refractivity (Wildman–Crippen MR) is 78.5 cm³/mol. The summed E-state index contributed by atoms with van der Waals surface area (Å²) in [4.78, 5) is 13.5. The van der Waals surface area contributed by atoms with Gasteiger partial charge < -0.3 is 10.2 Å². The molecule has 0 spiro atoms. The van der Waals surface area contributed by atoms with Crippen LogP contribution < -0.4 is 5.32 Å². The van der Waals surface area contributed by atoms with Crippen molar-refractivity contribution in [2.75, 3.05) is 18.6 Å². The first-order chi connectivity index (χ1) is 9.39. The number of amides is 2. The Morgan fingerprint density at radius 2 is 2.15 bits per heavy atom. The second-order valence-corrected chi connectivity index (χ2v) is 7.55. The first kappa shape index (κ1) is 15.1. The molecule has 2 rings (SSSR count). The van der Waals surface area contributed by atoms with Gasteiger partial charge in [0.05, 0.1) is 11.5 Å². The highest BCUT2D eigenvalue weighted by Crippen LogP contribution is 2.17. The number of carbonyl (C=O) groups excluding carboxylic acids is 1. The fourth-order valence-electron chi connectivity index (χ4n) is 2.18. The molecule has 0 saturated carbocycles. The number of hydrogen-bond donors (Lipinski definition) is 1. The standard InChI is InChI=1S/C13H17ClN2O3S/c1-16(11-6-7-20(18,19)9-11)13(17)15-8-10-4-2-3-5-12(10)14/h2-5,11H,6-9H2,1H3,(H,15,17)/t11-/m0/s1. The van der Waals surface area contributed by atoms with E-state index in [9.17, 15) is 13.2 Å². The Morgan fingerprint density at radius 1 is 1.45 bits per heavy atom. The molecule has 5 nitrogen and oxygen atoms in total. The van der Waals surface area contributed by atoms with Crippen LogP contribution in [-0.4, -0.2) is 43.9 Å². The third-order valence-corrected chi connectivity index (χ3v) is 5.58. The molecule has 0 aromatic heterocycles. The minimum Gasteiger partial charge on any atom is -0.334 e. The lowest BCUT2D eigenvalue weighted by Gasteiger charge is -2.23. The Bertz CT molecular complexity index is 603. The maximum absolute atomic E-state index is 12.0. The van der Waals surface area contributed by atoms with Crippen molar-refractivity contribution in [1.82, 2.24) is 10.2 Å². The second kappa shape index (κ2) is 6.01. The molecule has 1 heterocycles. The first-order valence-corrected chi connectivity index (χ1v) is 8.53. The molecule has 0 radical (unpaired) electrons. The van der Waals surface area contributed by atoms with Gasteiger partial charge >= 0.3 is 6.03 Å². The third-order valence-electron chi connectivity index (χ3n) is 3.46. The first-order valence-electron chi connectivity index (χ1n) is 6.33. The molecule has 1 fully saturated rings. The van der Waals surface area contributed by atoms with E-state index in [1.165, 1.54) is 4.90 Å². The van der Waals surface area contributed by atoms with Gasteiger partial charge in [-0.2, -0.15) is 0 Å². The van der Waals surface area contributed by atoms with Crippen molar-refractivity contribution in [3.8, 4) is 0 Å². The summed E-state index contributed by atoms with van der Waals surface area (Å²) in [5.74, 6) is 0.197. The molecule has 110 valence electrons. The van der Waals surface area contributed by atoms with E-state index in [4.69, 9.17) is 11.6 Å². The Labute approximate surface area is 123 Å². The number of rotatable bonds is 3. The van der Waals surface area contributed by atoms with Crippen molar-refractivity contribution in [1.29, 1.82) is 0 Å². The van der Waals surface area contributed by atoms with Crippen molar-refractivity contribution in [2.45, 2.75) is 19.0 Å². The Kier molecular flexibility index (Phi) is 4.55. The van der Waals surface area contributed by atoms with Gasteiger partial charge in [-0.05, 0) is 18.1 Å². The molecule has 0 bridgehead atoms. The second-order valence-electron chi connectivity index (χ2n) is 4.92. The van der Waals surface area contributed by atoms with Gasteiger partial charge in [0.15, 0.2) is 9.84 Å². The fourth-order valence-corrected chi connectivity index (χ4v) is 4.16. The number of benzene rings is 1. The molecule has 1 atom stereocenters. The number of nitrogens with zero attached hydrogens (tertiary/aromatic N) is 1. The maximum atomic E-state index is 12.0. The number of hydrogen-bond acceptors (Lipinski definition) is 3. The van der Waals surface area contributed by atoms with Crippen molar-refractivity contribution in [3.63, 3.8) is 0 Å². The van der Waals surface area contributed by atoms with Gasteiger partial charge in [-0.25, -0.2) is 13.2 Å². The number of carbonyl (C=O) groups is 1. The van der Waals surface area contributed by atoms with E-state index in [1.807, 2.05) is 18.2 Å². The Balaban J connectivity index is 1.91. The minimum absolute atomic E-state index is 0.0447. The van der Waals surface area contributed by atoms with Crippen LogP contribution in [0.4, 0.5) is 4.79 Å². The molecule has 1 N–H and O–H groups in total. The summed E-state index contributed by atoms with van der Waals surface area (Å²) in [5, 5.41) is 3.35. The zero-order chi connectivity index (χ0) is 14.8. The van der Waals surface area contributed by atoms with Crippen molar-refractivity contribution >= 4 is 27.5 Å². The molecular formula is C13H17ClN2O3S. The smallest absolute Gasteiger partial charge is 0.317 e. The molecule has 7 heteroatoms. The minimum atomic E-state index is -2.99. The summed E-state index contributed by atoms with van der Waals surface area (Å²) in [6.45, 7) is 0.322. The average molecular weight is 317 g/mol. The molecule has 0 aliphatic carbocycles. The fraction of sp³-hybridized carbons (Fsp3) is 0.462. The van der Waals surface area contributed by atoms with Crippen molar-refractivity contribution in [2.24, 2.45) is 0 Å². The van der Waals surface area contributed by atoms with Gasteiger partial charge in [-0.15, -0.1) is 0 Å². The molecule has 1 aliphatic rings. The van der Waals surface area contributed by atoms with Crippen LogP contribution in [0, 0.1) is 0 Å². The number of sulfone groups is 1. The van der Waals surface area contributed by atoms with Gasteiger partial charge in [-0.1, -0.05) is 29.8 Å². The van der Waals surface area contributed by atoms with E-state index >= 15 is 0 Å². The number of nitrogens with one attached hydrogen (secondary N) is 1. The normalized spacial score (nSPS) is 20.6. The third kappa shape index (κ3) is 3.64. The molecule has 2 amide bonds. The van der Waals surface area contributed by atoms with E-state index in [-0.39, 0.29) is 23.6 Å². The lowest BCUT2D eigenvalue weighted by atomic mass is 10.2. The van der Waals surface area contributed by atoms with Crippen LogP contribution in [-0.2, 0) is 16.4 Å². The maximum Gasteiger partial charge on any atom is 0.317 e. The van der Waals surface area contributed by atoms with Crippen LogP contribution in [0.5, 0.6) is 0 Å². The zero-order valence-electron chi connectivity index (χ0n) is 11.2. The molecule has 20 heavy (non-hydrogen) atoms. The Hall–Kier alpha value is -1.27. The summed E-state index contributed by atoms with van der Waals surface area (Å²) in [6.07, 6.45) is 0.498. The average Bonchev–Trinajstić information content (AvgIpc) is 2.77.